The Balaban J connectivity index is 1.31. The number of para-hydroxylation sites is 3. The van der Waals surface area contributed by atoms with Gasteiger partial charge in [-0.1, -0.05) is 30.3 Å². The maximum Gasteiger partial charge on any atom is 0.420 e. The molecule has 1 aromatic heterocycles. The molecule has 0 bridgehead atoms. The molecule has 2 atom stereocenters. The monoisotopic (exact) mass is 409 g/mol. The molecule has 3 aromatic rings. The molecule has 1 aliphatic carbocycles. The minimum absolute atomic E-state index is 0.116. The highest BCUT2D eigenvalue weighted by Gasteiger charge is 2.26. The van der Waals surface area contributed by atoms with E-state index in [1.807, 2.05) is 18.2 Å². The smallest absolute Gasteiger partial charge is 0.420 e. The van der Waals surface area contributed by atoms with Crippen LogP contribution in [0, 0.1) is 0 Å². The molecule has 1 aliphatic rings. The van der Waals surface area contributed by atoms with E-state index in [-0.39, 0.29) is 24.6 Å². The third kappa shape index (κ3) is 4.71. The molecule has 4 rings (SSSR count). The third-order valence-electron chi connectivity index (χ3n) is 5.16. The Bertz CT molecular complexity index is 1090. The Kier molecular flexibility index (Phi) is 5.83. The first-order chi connectivity index (χ1) is 14.6. The van der Waals surface area contributed by atoms with Crippen LogP contribution >= 0.6 is 0 Å². The number of carbonyl (C=O) groups excluding carboxylic acids is 2. The molecule has 8 heteroatoms. The second kappa shape index (κ2) is 8.86. The summed E-state index contributed by atoms with van der Waals surface area (Å²) in [6.45, 7) is -0.119. The number of oxazole rings is 1. The summed E-state index contributed by atoms with van der Waals surface area (Å²) in [6, 6.07) is 16.0. The second-order valence-electron chi connectivity index (χ2n) is 7.37. The van der Waals surface area contributed by atoms with Crippen molar-refractivity contribution in [3.8, 4) is 0 Å². The van der Waals surface area contributed by atoms with Crippen LogP contribution in [0.25, 0.3) is 11.1 Å². The van der Waals surface area contributed by atoms with E-state index in [4.69, 9.17) is 9.15 Å². The van der Waals surface area contributed by atoms with Gasteiger partial charge >= 0.3 is 11.8 Å². The first-order valence-corrected chi connectivity index (χ1v) is 9.99. The fraction of sp³-hybridized carbons (Fsp3) is 0.318. The molecule has 1 heterocycles. The van der Waals surface area contributed by atoms with Crippen LogP contribution in [0.5, 0.6) is 0 Å². The number of hydrogen-bond donors (Lipinski definition) is 2. The lowest BCUT2D eigenvalue weighted by Gasteiger charge is -2.29. The Hall–Kier alpha value is -3.55. The van der Waals surface area contributed by atoms with Crippen molar-refractivity contribution >= 4 is 28.8 Å². The first-order valence-electron chi connectivity index (χ1n) is 9.99. The summed E-state index contributed by atoms with van der Waals surface area (Å²) in [5, 5.41) is 5.65. The molecule has 30 heavy (non-hydrogen) atoms. The van der Waals surface area contributed by atoms with E-state index in [1.165, 1.54) is 4.57 Å². The lowest BCUT2D eigenvalue weighted by Crippen LogP contribution is -2.43. The normalized spacial score (nSPS) is 18.7. The Morgan fingerprint density at radius 2 is 1.83 bits per heavy atom. The van der Waals surface area contributed by atoms with Crippen molar-refractivity contribution in [1.29, 1.82) is 0 Å². The zero-order valence-electron chi connectivity index (χ0n) is 16.4. The van der Waals surface area contributed by atoms with E-state index < -0.39 is 11.8 Å². The Labute approximate surface area is 172 Å². The van der Waals surface area contributed by atoms with Crippen LogP contribution in [0.15, 0.2) is 63.8 Å². The van der Waals surface area contributed by atoms with Crippen molar-refractivity contribution in [2.24, 2.45) is 0 Å². The summed E-state index contributed by atoms with van der Waals surface area (Å²) in [5.74, 6) is -0.836. The summed E-state index contributed by atoms with van der Waals surface area (Å²) in [4.78, 5) is 36.7. The van der Waals surface area contributed by atoms with Gasteiger partial charge < -0.3 is 14.5 Å². The molecule has 0 radical (unpaired) electrons. The Morgan fingerprint density at radius 1 is 1.07 bits per heavy atom. The number of rotatable bonds is 5. The van der Waals surface area contributed by atoms with Gasteiger partial charge in [-0.2, -0.15) is 0 Å². The molecular formula is C22H23N3O5. The fourth-order valence-electron chi connectivity index (χ4n) is 3.78. The van der Waals surface area contributed by atoms with Gasteiger partial charge in [0.15, 0.2) is 5.58 Å². The number of aromatic nitrogens is 1. The SMILES string of the molecule is O=C(Cn1c(=O)oc2ccccc21)N[C@@H]1CCC[C@H](OC(=O)Nc2ccccc2)C1. The van der Waals surface area contributed by atoms with Crippen LogP contribution < -0.4 is 16.4 Å². The average molecular weight is 409 g/mol. The summed E-state index contributed by atoms with van der Waals surface area (Å²) in [7, 11) is 0. The molecule has 156 valence electrons. The quantitative estimate of drug-likeness (QED) is 0.673. The lowest BCUT2D eigenvalue weighted by atomic mass is 9.93. The minimum atomic E-state index is -0.561. The number of nitrogens with one attached hydrogen (secondary N) is 2. The maximum absolute atomic E-state index is 12.5. The summed E-state index contributed by atoms with van der Waals surface area (Å²) in [6.07, 6.45) is 2.14. The van der Waals surface area contributed by atoms with Crippen molar-refractivity contribution in [2.75, 3.05) is 5.32 Å². The number of hydrogen-bond acceptors (Lipinski definition) is 5. The number of amides is 2. The van der Waals surface area contributed by atoms with Gasteiger partial charge in [0, 0.05) is 18.2 Å². The molecule has 8 nitrogen and oxygen atoms in total. The molecule has 0 unspecified atom stereocenters. The zero-order chi connectivity index (χ0) is 20.9. The van der Waals surface area contributed by atoms with Gasteiger partial charge in [0.2, 0.25) is 5.91 Å². The van der Waals surface area contributed by atoms with Gasteiger partial charge in [-0.3, -0.25) is 14.7 Å². The summed E-state index contributed by atoms with van der Waals surface area (Å²) < 4.78 is 12.0. The van der Waals surface area contributed by atoms with Crippen molar-refractivity contribution < 1.29 is 18.7 Å². The van der Waals surface area contributed by atoms with Crippen molar-refractivity contribution in [1.82, 2.24) is 9.88 Å². The van der Waals surface area contributed by atoms with Gasteiger partial charge in [0.05, 0.1) is 5.52 Å². The van der Waals surface area contributed by atoms with Crippen molar-refractivity contribution in [3.63, 3.8) is 0 Å². The van der Waals surface area contributed by atoms with Crippen LogP contribution in [0.3, 0.4) is 0 Å². The highest BCUT2D eigenvalue weighted by atomic mass is 16.6. The van der Waals surface area contributed by atoms with E-state index in [0.717, 1.165) is 19.3 Å². The molecule has 1 saturated carbocycles. The topological polar surface area (TPSA) is 103 Å². The van der Waals surface area contributed by atoms with Crippen LogP contribution in [0.1, 0.15) is 25.7 Å². The number of anilines is 1. The maximum atomic E-state index is 12.5. The van der Waals surface area contributed by atoms with Gasteiger partial charge in [-0.25, -0.2) is 9.59 Å². The van der Waals surface area contributed by atoms with Gasteiger partial charge in [-0.15, -0.1) is 0 Å². The number of nitrogens with zero attached hydrogens (tertiary/aromatic N) is 1. The fourth-order valence-corrected chi connectivity index (χ4v) is 3.78. The zero-order valence-corrected chi connectivity index (χ0v) is 16.4. The number of benzene rings is 2. The van der Waals surface area contributed by atoms with Crippen LogP contribution in [-0.4, -0.2) is 28.7 Å². The molecule has 0 saturated heterocycles. The van der Waals surface area contributed by atoms with Crippen LogP contribution in [0.4, 0.5) is 10.5 Å². The predicted molar refractivity (Wildman–Crippen MR) is 111 cm³/mol. The number of fused-ring (bicyclic) bond motifs is 1. The minimum Gasteiger partial charge on any atom is -0.446 e. The largest absolute Gasteiger partial charge is 0.446 e. The molecule has 2 N–H and O–H groups in total. The molecule has 1 fully saturated rings. The standard InChI is InChI=1S/C22H23N3O5/c26-20(14-25-18-11-4-5-12-19(18)30-22(25)28)23-16-9-6-10-17(13-16)29-21(27)24-15-7-2-1-3-8-15/h1-5,7-8,11-12,16-17H,6,9-10,13-14H2,(H,23,26)(H,24,27)/t16-,17+/m1/s1. The average Bonchev–Trinajstić information content (AvgIpc) is 3.04. The highest BCUT2D eigenvalue weighted by Crippen LogP contribution is 2.22. The van der Waals surface area contributed by atoms with Crippen LogP contribution in [-0.2, 0) is 16.1 Å². The molecular weight excluding hydrogens is 386 g/mol. The third-order valence-corrected chi connectivity index (χ3v) is 5.16. The Morgan fingerprint density at radius 3 is 2.67 bits per heavy atom. The van der Waals surface area contributed by atoms with Crippen LogP contribution in [0.2, 0.25) is 0 Å². The summed E-state index contributed by atoms with van der Waals surface area (Å²) in [5.41, 5.74) is 1.70. The molecule has 0 aliphatic heterocycles. The van der Waals surface area contributed by atoms with Gasteiger partial charge in [-0.05, 0) is 43.5 Å². The molecule has 2 amide bonds. The van der Waals surface area contributed by atoms with Gasteiger partial charge in [0.25, 0.3) is 0 Å². The summed E-state index contributed by atoms with van der Waals surface area (Å²) >= 11 is 0. The second-order valence-corrected chi connectivity index (χ2v) is 7.37. The predicted octanol–water partition coefficient (Wildman–Crippen LogP) is 3.27. The first kappa shape index (κ1) is 19.8. The van der Waals surface area contributed by atoms with Gasteiger partial charge in [0.1, 0.15) is 12.6 Å². The van der Waals surface area contributed by atoms with Crippen molar-refractivity contribution in [2.45, 2.75) is 44.4 Å². The lowest BCUT2D eigenvalue weighted by molar-refractivity contribution is -0.122. The van der Waals surface area contributed by atoms with E-state index in [2.05, 4.69) is 10.6 Å². The molecule has 2 aromatic carbocycles. The number of ether oxygens (including phenoxy) is 1. The number of carbonyl (C=O) groups is 2. The molecule has 0 spiro atoms. The van der Waals surface area contributed by atoms with E-state index >= 15 is 0 Å². The van der Waals surface area contributed by atoms with E-state index in [0.29, 0.717) is 23.2 Å². The van der Waals surface area contributed by atoms with E-state index in [9.17, 15) is 14.4 Å². The van der Waals surface area contributed by atoms with E-state index in [1.54, 1.807) is 36.4 Å². The highest BCUT2D eigenvalue weighted by molar-refractivity contribution is 5.84. The van der Waals surface area contributed by atoms with Crippen molar-refractivity contribution in [3.05, 3.63) is 65.1 Å².